The highest BCUT2D eigenvalue weighted by Gasteiger charge is 2.54. The summed E-state index contributed by atoms with van der Waals surface area (Å²) in [5, 5.41) is 2.09. The van der Waals surface area contributed by atoms with Gasteiger partial charge in [0.25, 0.3) is 0 Å². The lowest BCUT2D eigenvalue weighted by Gasteiger charge is -2.32. The van der Waals surface area contributed by atoms with E-state index in [1.165, 1.54) is 0 Å². The minimum absolute atomic E-state index is 0.0764. The van der Waals surface area contributed by atoms with Gasteiger partial charge in [-0.3, -0.25) is 5.43 Å². The molecule has 2 aliphatic heterocycles. The Morgan fingerprint density at radius 1 is 1.20 bits per heavy atom. The molecule has 0 bridgehead atoms. The first-order valence-electron chi connectivity index (χ1n) is 5.62. The van der Waals surface area contributed by atoms with E-state index in [-0.39, 0.29) is 18.3 Å². The first-order valence-corrected chi connectivity index (χ1v) is 5.62. The number of hydrogen-bond donors (Lipinski definition) is 1. The molecular weight excluding hydrogens is 191 g/mol. The van der Waals surface area contributed by atoms with Crippen LogP contribution in [0.4, 0.5) is 0 Å². The smallest absolute Gasteiger partial charge is 0.403 e. The summed E-state index contributed by atoms with van der Waals surface area (Å²) in [6.45, 7) is 10.3. The van der Waals surface area contributed by atoms with E-state index in [2.05, 4.69) is 38.1 Å². The van der Waals surface area contributed by atoms with Gasteiger partial charge < -0.3 is 9.31 Å². The van der Waals surface area contributed by atoms with Crippen LogP contribution >= 0.6 is 0 Å². The highest BCUT2D eigenvalue weighted by Crippen LogP contribution is 2.40. The molecule has 4 nitrogen and oxygen atoms in total. The summed E-state index contributed by atoms with van der Waals surface area (Å²) in [5.74, 6) is 0.427. The van der Waals surface area contributed by atoms with E-state index in [0.717, 1.165) is 13.1 Å². The average molecular weight is 212 g/mol. The monoisotopic (exact) mass is 212 g/mol. The predicted octanol–water partition coefficient (Wildman–Crippen LogP) is 0.899. The molecule has 86 valence electrons. The molecule has 0 amide bonds. The molecule has 0 aliphatic carbocycles. The van der Waals surface area contributed by atoms with E-state index in [0.29, 0.717) is 5.82 Å². The average Bonchev–Trinajstić information content (AvgIpc) is 2.56. The first-order chi connectivity index (χ1) is 6.82. The van der Waals surface area contributed by atoms with Gasteiger partial charge in [-0.2, -0.15) is 0 Å². The molecule has 1 unspecified atom stereocenters. The number of hydrogen-bond acceptors (Lipinski definition) is 4. The van der Waals surface area contributed by atoms with Gasteiger partial charge in [-0.05, 0) is 27.7 Å². The minimum atomic E-state index is -0.209. The summed E-state index contributed by atoms with van der Waals surface area (Å²) in [5.41, 5.74) is 2.86. The van der Waals surface area contributed by atoms with Gasteiger partial charge in [-0.25, -0.2) is 5.01 Å². The van der Waals surface area contributed by atoms with Gasteiger partial charge >= 0.3 is 7.12 Å². The Balaban J connectivity index is 2.03. The van der Waals surface area contributed by atoms with Crippen molar-refractivity contribution in [2.45, 2.75) is 44.7 Å². The number of hydrazine groups is 1. The zero-order valence-electron chi connectivity index (χ0n) is 10.3. The lowest BCUT2D eigenvalue weighted by molar-refractivity contribution is 0.00578. The fourth-order valence-electron chi connectivity index (χ4n) is 2.02. The quantitative estimate of drug-likeness (QED) is 0.654. The maximum absolute atomic E-state index is 6.01. The number of nitrogens with zero attached hydrogens (tertiary/aromatic N) is 1. The van der Waals surface area contributed by atoms with E-state index in [9.17, 15) is 0 Å². The second-order valence-corrected chi connectivity index (χ2v) is 5.63. The van der Waals surface area contributed by atoms with Crippen molar-refractivity contribution in [1.29, 1.82) is 0 Å². The zero-order valence-corrected chi connectivity index (χ0v) is 10.3. The fourth-order valence-corrected chi connectivity index (χ4v) is 2.02. The lowest BCUT2D eigenvalue weighted by atomic mass is 9.72. The topological polar surface area (TPSA) is 33.7 Å². The van der Waals surface area contributed by atoms with Crippen molar-refractivity contribution < 1.29 is 9.31 Å². The normalized spacial score (nSPS) is 35.0. The van der Waals surface area contributed by atoms with Crippen LogP contribution in [-0.4, -0.2) is 43.5 Å². The fraction of sp³-hybridized carbons (Fsp3) is 1.00. The summed E-state index contributed by atoms with van der Waals surface area (Å²) >= 11 is 0. The van der Waals surface area contributed by atoms with Gasteiger partial charge in [0.15, 0.2) is 0 Å². The summed E-state index contributed by atoms with van der Waals surface area (Å²) in [7, 11) is 1.97. The molecule has 0 aromatic carbocycles. The minimum Gasteiger partial charge on any atom is -0.403 e. The molecule has 15 heavy (non-hydrogen) atoms. The molecule has 2 saturated heterocycles. The maximum Gasteiger partial charge on any atom is 0.463 e. The third kappa shape index (κ3) is 1.94. The van der Waals surface area contributed by atoms with Crippen molar-refractivity contribution in [2.75, 3.05) is 20.1 Å². The van der Waals surface area contributed by atoms with Gasteiger partial charge in [0.05, 0.1) is 11.2 Å². The molecule has 0 radical (unpaired) electrons. The Hall–Kier alpha value is -0.0951. The largest absolute Gasteiger partial charge is 0.463 e. The van der Waals surface area contributed by atoms with Crippen LogP contribution in [-0.2, 0) is 9.31 Å². The van der Waals surface area contributed by atoms with Gasteiger partial charge in [0, 0.05) is 26.0 Å². The van der Waals surface area contributed by atoms with Crippen LogP contribution in [0.2, 0.25) is 5.82 Å². The van der Waals surface area contributed by atoms with Crippen molar-refractivity contribution in [3.63, 3.8) is 0 Å². The molecule has 5 heteroatoms. The molecule has 1 N–H and O–H groups in total. The van der Waals surface area contributed by atoms with Crippen LogP contribution in [0, 0.1) is 0 Å². The molecular formula is C10H21BN2O2. The molecule has 0 aromatic heterocycles. The van der Waals surface area contributed by atoms with Crippen LogP contribution in [0.1, 0.15) is 27.7 Å². The standard InChI is InChI=1S/C10H21BN2O2/c1-9(2)10(3,4)15-11(14-9)8-6-12-13(5)7-8/h8,12H,6-7H2,1-5H3. The van der Waals surface area contributed by atoms with Crippen LogP contribution in [0.3, 0.4) is 0 Å². The summed E-state index contributed by atoms with van der Waals surface area (Å²) in [4.78, 5) is 0. The SMILES string of the molecule is CN1CC(B2OC(C)(C)C(C)(C)O2)CN1. The second-order valence-electron chi connectivity index (χ2n) is 5.63. The molecule has 1 atom stereocenters. The molecule has 0 spiro atoms. The Labute approximate surface area is 92.4 Å². The summed E-state index contributed by atoms with van der Waals surface area (Å²) in [6, 6.07) is 0. The van der Waals surface area contributed by atoms with Crippen molar-refractivity contribution in [3.8, 4) is 0 Å². The predicted molar refractivity (Wildman–Crippen MR) is 60.5 cm³/mol. The van der Waals surface area contributed by atoms with Crippen LogP contribution < -0.4 is 5.43 Å². The highest BCUT2D eigenvalue weighted by atomic mass is 16.7. The number of nitrogens with one attached hydrogen (secondary N) is 1. The van der Waals surface area contributed by atoms with Gasteiger partial charge in [-0.1, -0.05) is 0 Å². The summed E-state index contributed by atoms with van der Waals surface area (Å²) in [6.07, 6.45) is 0. The maximum atomic E-state index is 6.01. The van der Waals surface area contributed by atoms with Crippen LogP contribution in [0.5, 0.6) is 0 Å². The van der Waals surface area contributed by atoms with Crippen LogP contribution in [0.25, 0.3) is 0 Å². The Bertz CT molecular complexity index is 242. The summed E-state index contributed by atoms with van der Waals surface area (Å²) < 4.78 is 12.0. The van der Waals surface area contributed by atoms with Crippen molar-refractivity contribution >= 4 is 7.12 Å². The van der Waals surface area contributed by atoms with E-state index in [1.54, 1.807) is 0 Å². The first kappa shape index (κ1) is 11.4. The van der Waals surface area contributed by atoms with E-state index in [4.69, 9.17) is 9.31 Å². The van der Waals surface area contributed by atoms with Gasteiger partial charge in [-0.15, -0.1) is 0 Å². The van der Waals surface area contributed by atoms with Crippen LogP contribution in [0.15, 0.2) is 0 Å². The van der Waals surface area contributed by atoms with Gasteiger partial charge in [0.1, 0.15) is 0 Å². The molecule has 2 fully saturated rings. The highest BCUT2D eigenvalue weighted by molar-refractivity contribution is 6.47. The Kier molecular flexibility index (Phi) is 2.62. The van der Waals surface area contributed by atoms with E-state index in [1.807, 2.05) is 7.05 Å². The molecule has 2 aliphatic rings. The Morgan fingerprint density at radius 3 is 2.13 bits per heavy atom. The lowest BCUT2D eigenvalue weighted by Crippen LogP contribution is -2.41. The second kappa shape index (κ2) is 3.45. The third-order valence-corrected chi connectivity index (χ3v) is 3.79. The van der Waals surface area contributed by atoms with Gasteiger partial charge in [0.2, 0.25) is 0 Å². The molecule has 0 saturated carbocycles. The molecule has 2 heterocycles. The van der Waals surface area contributed by atoms with Crippen molar-refractivity contribution in [3.05, 3.63) is 0 Å². The Morgan fingerprint density at radius 2 is 1.73 bits per heavy atom. The zero-order chi connectivity index (χ0) is 11.3. The van der Waals surface area contributed by atoms with Crippen molar-refractivity contribution in [2.24, 2.45) is 0 Å². The molecule has 0 aromatic rings. The third-order valence-electron chi connectivity index (χ3n) is 3.79. The molecule has 2 rings (SSSR count). The number of rotatable bonds is 1. The van der Waals surface area contributed by atoms with Crippen molar-refractivity contribution in [1.82, 2.24) is 10.4 Å². The van der Waals surface area contributed by atoms with E-state index >= 15 is 0 Å². The van der Waals surface area contributed by atoms with E-state index < -0.39 is 0 Å².